The first-order chi connectivity index (χ1) is 20.0. The van der Waals surface area contributed by atoms with E-state index in [9.17, 15) is 4.39 Å². The predicted octanol–water partition coefficient (Wildman–Crippen LogP) is 4.95. The summed E-state index contributed by atoms with van der Waals surface area (Å²) in [6, 6.07) is 20.2. The third kappa shape index (κ3) is 5.17. The second-order valence-electron chi connectivity index (χ2n) is 11.4. The number of aryl methyl sites for hydroxylation is 1. The van der Waals surface area contributed by atoms with Crippen molar-refractivity contribution in [1.82, 2.24) is 19.9 Å². The van der Waals surface area contributed by atoms with Crippen molar-refractivity contribution in [2.24, 2.45) is 0 Å². The van der Waals surface area contributed by atoms with Crippen molar-refractivity contribution in [2.45, 2.75) is 25.4 Å². The van der Waals surface area contributed by atoms with Gasteiger partial charge >= 0.3 is 0 Å². The lowest BCUT2D eigenvalue weighted by molar-refractivity contribution is 0.312. The maximum absolute atomic E-state index is 13.4. The highest BCUT2D eigenvalue weighted by Crippen LogP contribution is 2.37. The maximum Gasteiger partial charge on any atom is 0.227 e. The van der Waals surface area contributed by atoms with Crippen LogP contribution in [0.1, 0.15) is 12.0 Å². The van der Waals surface area contributed by atoms with Gasteiger partial charge in [-0.05, 0) is 86.6 Å². The summed E-state index contributed by atoms with van der Waals surface area (Å²) < 4.78 is 13.4. The lowest BCUT2D eigenvalue weighted by Crippen LogP contribution is -2.46. The Labute approximate surface area is 240 Å². The maximum atomic E-state index is 13.4. The molecule has 2 bridgehead atoms. The first-order valence-electron chi connectivity index (χ1n) is 14.4. The Morgan fingerprint density at radius 1 is 0.854 bits per heavy atom. The summed E-state index contributed by atoms with van der Waals surface area (Å²) >= 11 is 0. The third-order valence-corrected chi connectivity index (χ3v) is 8.69. The van der Waals surface area contributed by atoms with E-state index in [0.717, 1.165) is 74.1 Å². The number of benzene rings is 2. The first kappa shape index (κ1) is 25.7. The molecule has 1 N–H and O–H groups in total. The minimum absolute atomic E-state index is 0.193. The Kier molecular flexibility index (Phi) is 6.66. The number of rotatable bonds is 6. The number of hydrogen-bond donors (Lipinski definition) is 1. The van der Waals surface area contributed by atoms with Crippen LogP contribution in [0, 0.1) is 12.7 Å². The minimum atomic E-state index is -0.193. The molecule has 3 aliphatic heterocycles. The van der Waals surface area contributed by atoms with Crippen molar-refractivity contribution >= 4 is 28.8 Å². The molecule has 5 heterocycles. The predicted molar refractivity (Wildman–Crippen MR) is 163 cm³/mol. The van der Waals surface area contributed by atoms with Crippen LogP contribution >= 0.6 is 0 Å². The SMILES string of the molecule is Cc1cc(Nc2nccc(-c3ccc(N4CC5CC4CN5c4ccc(F)cc4)nc3)n2)ccc1N1CCN(C)CC1. The molecule has 41 heavy (non-hydrogen) atoms. The molecular weight excluding hydrogens is 515 g/mol. The molecule has 2 atom stereocenters. The second-order valence-corrected chi connectivity index (χ2v) is 11.4. The van der Waals surface area contributed by atoms with Crippen molar-refractivity contribution < 1.29 is 4.39 Å². The number of likely N-dealkylation sites (N-methyl/N-ethyl adjacent to an activating group) is 1. The molecular formula is C32H35FN8. The highest BCUT2D eigenvalue weighted by Gasteiger charge is 2.43. The number of nitrogens with one attached hydrogen (secondary N) is 1. The number of nitrogens with zero attached hydrogens (tertiary/aromatic N) is 7. The number of pyridine rings is 1. The summed E-state index contributed by atoms with van der Waals surface area (Å²) in [7, 11) is 2.18. The molecule has 210 valence electrons. The van der Waals surface area contributed by atoms with Crippen molar-refractivity contribution in [3.05, 3.63) is 84.4 Å². The molecule has 0 spiro atoms. The Hall–Kier alpha value is -4.24. The molecule has 4 aromatic rings. The van der Waals surface area contributed by atoms with Gasteiger partial charge in [0.25, 0.3) is 0 Å². The molecule has 0 saturated carbocycles. The zero-order chi connectivity index (χ0) is 27.9. The number of aromatic nitrogens is 3. The van der Waals surface area contributed by atoms with E-state index in [2.05, 4.69) is 74.2 Å². The van der Waals surface area contributed by atoms with Crippen LogP contribution in [0.25, 0.3) is 11.3 Å². The smallest absolute Gasteiger partial charge is 0.227 e. The summed E-state index contributed by atoms with van der Waals surface area (Å²) in [4.78, 5) is 23.7. The Balaban J connectivity index is 1.01. The molecule has 3 fully saturated rings. The van der Waals surface area contributed by atoms with Crippen LogP contribution < -0.4 is 20.0 Å². The van der Waals surface area contributed by atoms with Gasteiger partial charge in [0, 0.05) is 80.3 Å². The molecule has 7 rings (SSSR count). The van der Waals surface area contributed by atoms with E-state index in [4.69, 9.17) is 9.97 Å². The topological polar surface area (TPSA) is 63.7 Å². The Morgan fingerprint density at radius 3 is 2.34 bits per heavy atom. The monoisotopic (exact) mass is 550 g/mol. The summed E-state index contributed by atoms with van der Waals surface area (Å²) in [5.74, 6) is 1.36. The fraction of sp³-hybridized carbons (Fsp3) is 0.344. The van der Waals surface area contributed by atoms with E-state index in [1.165, 1.54) is 11.3 Å². The number of hydrogen-bond acceptors (Lipinski definition) is 8. The Bertz CT molecular complexity index is 1520. The number of fused-ring (bicyclic) bond motifs is 2. The van der Waals surface area contributed by atoms with Crippen LogP contribution in [-0.4, -0.2) is 78.3 Å². The first-order valence-corrected chi connectivity index (χ1v) is 14.4. The molecule has 2 unspecified atom stereocenters. The van der Waals surface area contributed by atoms with E-state index >= 15 is 0 Å². The Morgan fingerprint density at radius 2 is 1.63 bits per heavy atom. The number of halogens is 1. The van der Waals surface area contributed by atoms with Crippen molar-refractivity contribution in [1.29, 1.82) is 0 Å². The van der Waals surface area contributed by atoms with Gasteiger partial charge in [0.2, 0.25) is 5.95 Å². The molecule has 0 amide bonds. The van der Waals surface area contributed by atoms with E-state index in [1.807, 2.05) is 24.4 Å². The van der Waals surface area contributed by atoms with E-state index < -0.39 is 0 Å². The lowest BCUT2D eigenvalue weighted by atomic mass is 10.1. The zero-order valence-electron chi connectivity index (χ0n) is 23.5. The zero-order valence-corrected chi connectivity index (χ0v) is 23.5. The molecule has 3 aliphatic rings. The fourth-order valence-electron chi connectivity index (χ4n) is 6.45. The summed E-state index contributed by atoms with van der Waals surface area (Å²) in [6.45, 7) is 8.29. The minimum Gasteiger partial charge on any atom is -0.369 e. The molecule has 8 nitrogen and oxygen atoms in total. The second kappa shape index (κ2) is 10.6. The van der Waals surface area contributed by atoms with Crippen LogP contribution in [0.3, 0.4) is 0 Å². The van der Waals surface area contributed by atoms with E-state index in [0.29, 0.717) is 18.0 Å². The van der Waals surface area contributed by atoms with Gasteiger partial charge in [0.1, 0.15) is 11.6 Å². The van der Waals surface area contributed by atoms with Crippen LogP contribution in [-0.2, 0) is 0 Å². The molecule has 9 heteroatoms. The van der Waals surface area contributed by atoms with Gasteiger partial charge in [-0.15, -0.1) is 0 Å². The third-order valence-electron chi connectivity index (χ3n) is 8.69. The molecule has 0 aliphatic carbocycles. The highest BCUT2D eigenvalue weighted by molar-refractivity contribution is 5.66. The van der Waals surface area contributed by atoms with E-state index in [1.54, 1.807) is 18.3 Å². The van der Waals surface area contributed by atoms with Gasteiger partial charge in [-0.1, -0.05) is 0 Å². The van der Waals surface area contributed by atoms with Crippen LogP contribution in [0.15, 0.2) is 73.1 Å². The van der Waals surface area contributed by atoms with Crippen LogP contribution in [0.4, 0.5) is 33.2 Å². The molecule has 0 radical (unpaired) electrons. The average Bonchev–Trinajstić information content (AvgIpc) is 3.60. The van der Waals surface area contributed by atoms with Crippen molar-refractivity contribution in [2.75, 3.05) is 66.3 Å². The number of anilines is 5. The summed E-state index contributed by atoms with van der Waals surface area (Å²) in [5.41, 5.74) is 6.39. The van der Waals surface area contributed by atoms with Crippen LogP contribution in [0.2, 0.25) is 0 Å². The van der Waals surface area contributed by atoms with Gasteiger partial charge in [-0.25, -0.2) is 19.3 Å². The molecule has 2 aromatic heterocycles. The van der Waals surface area contributed by atoms with E-state index in [-0.39, 0.29) is 5.82 Å². The quantitative estimate of drug-likeness (QED) is 0.362. The number of piperazine rings is 2. The van der Waals surface area contributed by atoms with Gasteiger partial charge in [0.15, 0.2) is 0 Å². The molecule has 2 aromatic carbocycles. The largest absolute Gasteiger partial charge is 0.369 e. The van der Waals surface area contributed by atoms with Crippen molar-refractivity contribution in [3.63, 3.8) is 0 Å². The lowest BCUT2D eigenvalue weighted by Gasteiger charge is -2.36. The average molecular weight is 551 g/mol. The summed E-state index contributed by atoms with van der Waals surface area (Å²) in [5, 5.41) is 3.38. The highest BCUT2D eigenvalue weighted by atomic mass is 19.1. The van der Waals surface area contributed by atoms with Gasteiger partial charge in [0.05, 0.1) is 11.7 Å². The fourth-order valence-corrected chi connectivity index (χ4v) is 6.45. The van der Waals surface area contributed by atoms with Crippen LogP contribution in [0.5, 0.6) is 0 Å². The van der Waals surface area contributed by atoms with Gasteiger partial charge in [-0.2, -0.15) is 0 Å². The standard InChI is InChI=1S/C32H35FN8/c1-22-17-25(6-9-30(22)39-15-13-38(2)14-16-39)36-32-34-12-11-29(37-32)23-3-10-31(35-19-23)41-21-27-18-28(41)20-40(27)26-7-4-24(33)5-8-26/h3-12,17,19,27-28H,13-16,18,20-21H2,1-2H3,(H,34,36,37). The molecule has 3 saturated heterocycles. The van der Waals surface area contributed by atoms with Crippen molar-refractivity contribution in [3.8, 4) is 11.3 Å². The van der Waals surface area contributed by atoms with Gasteiger partial charge < -0.3 is 24.9 Å². The normalized spacial score (nSPS) is 20.6. The summed E-state index contributed by atoms with van der Waals surface area (Å²) in [6.07, 6.45) is 4.78. The van der Waals surface area contributed by atoms with Gasteiger partial charge in [-0.3, -0.25) is 0 Å².